The van der Waals surface area contributed by atoms with Gasteiger partial charge < -0.3 is 4.57 Å². The van der Waals surface area contributed by atoms with Gasteiger partial charge in [0, 0.05) is 23.8 Å². The molecule has 2 unspecified atom stereocenters. The Morgan fingerprint density at radius 3 is 2.69 bits per heavy atom. The maximum absolute atomic E-state index is 13.2. The second kappa shape index (κ2) is 8.38. The number of benzene rings is 1. The summed E-state index contributed by atoms with van der Waals surface area (Å²) in [4.78, 5) is 0.268. The van der Waals surface area contributed by atoms with E-state index in [0.717, 1.165) is 43.2 Å². The Morgan fingerprint density at radius 1 is 1.14 bits per heavy atom. The van der Waals surface area contributed by atoms with Gasteiger partial charge in [-0.25, -0.2) is 13.1 Å². The van der Waals surface area contributed by atoms with Crippen molar-refractivity contribution < 1.29 is 8.42 Å². The third-order valence-electron chi connectivity index (χ3n) is 5.38. The van der Waals surface area contributed by atoms with E-state index in [9.17, 15) is 8.42 Å². The highest BCUT2D eigenvalue weighted by Gasteiger charge is 2.28. The molecule has 1 aliphatic rings. The Hall–Kier alpha value is -2.65. The third kappa shape index (κ3) is 4.51. The normalized spacial score (nSPS) is 19.9. The average molecular weight is 413 g/mol. The lowest BCUT2D eigenvalue weighted by molar-refractivity contribution is 0.305. The molecule has 1 fully saturated rings. The molecule has 2 aromatic heterocycles. The van der Waals surface area contributed by atoms with Crippen molar-refractivity contribution in [3.05, 3.63) is 54.7 Å². The van der Waals surface area contributed by atoms with Crippen molar-refractivity contribution in [2.75, 3.05) is 0 Å². The minimum atomic E-state index is -3.65. The van der Waals surface area contributed by atoms with E-state index in [4.69, 9.17) is 0 Å². The molecule has 0 amide bonds. The van der Waals surface area contributed by atoms with Crippen LogP contribution in [0.1, 0.15) is 44.2 Å². The maximum atomic E-state index is 13.2. The van der Waals surface area contributed by atoms with Gasteiger partial charge in [0.15, 0.2) is 0 Å². The van der Waals surface area contributed by atoms with Crippen molar-refractivity contribution in [1.82, 2.24) is 29.7 Å². The largest absolute Gasteiger partial charge is 0.317 e. The minimum absolute atomic E-state index is 0.119. The summed E-state index contributed by atoms with van der Waals surface area (Å²) in [7, 11) is -3.65. The van der Waals surface area contributed by atoms with Gasteiger partial charge in [-0.2, -0.15) is 10.2 Å². The van der Waals surface area contributed by atoms with E-state index >= 15 is 0 Å². The molecule has 4 rings (SSSR count). The van der Waals surface area contributed by atoms with Gasteiger partial charge in [-0.1, -0.05) is 6.92 Å². The van der Waals surface area contributed by atoms with Crippen LogP contribution in [-0.4, -0.2) is 39.4 Å². The number of rotatable bonds is 6. The number of hydrogen-bond donors (Lipinski definition) is 1. The number of hydrogen-bond acceptors (Lipinski definition) is 6. The summed E-state index contributed by atoms with van der Waals surface area (Å²) in [6.45, 7) is 2.00. The Kier molecular flexibility index (Phi) is 5.68. The molecule has 0 radical (unpaired) electrons. The van der Waals surface area contributed by atoms with E-state index in [-0.39, 0.29) is 17.0 Å². The average Bonchev–Trinajstić information content (AvgIpc) is 3.29. The lowest BCUT2D eigenvalue weighted by atomic mass is 9.91. The number of aryl methyl sites for hydroxylation is 1. The van der Waals surface area contributed by atoms with Crippen LogP contribution < -0.4 is 4.72 Å². The Labute approximate surface area is 170 Å². The molecule has 9 heteroatoms. The van der Waals surface area contributed by atoms with Crippen molar-refractivity contribution in [3.63, 3.8) is 0 Å². The fraction of sp³-hybridized carbons (Fsp3) is 0.400. The summed E-state index contributed by atoms with van der Waals surface area (Å²) in [5.74, 6) is 0. The van der Waals surface area contributed by atoms with Crippen molar-refractivity contribution in [2.45, 2.75) is 56.0 Å². The Bertz CT molecular complexity index is 1050. The van der Waals surface area contributed by atoms with Crippen LogP contribution in [0.4, 0.5) is 0 Å². The molecular weight excluding hydrogens is 388 g/mol. The quantitative estimate of drug-likeness (QED) is 0.668. The van der Waals surface area contributed by atoms with E-state index in [1.54, 1.807) is 37.1 Å². The second-order valence-electron chi connectivity index (χ2n) is 7.38. The standard InChI is InChI=1S/C20H24N6O2S/c1-2-15-9-16(20-7-4-8-21-24-20)11-19(10-15)29(27,28)25-17-5-3-6-18(12-17)26-13-22-23-14-26/h4,7-11,13-14,17-18,25H,2-3,5-6,12H2,1H3. The summed E-state index contributed by atoms with van der Waals surface area (Å²) < 4.78 is 31.2. The van der Waals surface area contributed by atoms with Crippen LogP contribution in [0.3, 0.4) is 0 Å². The van der Waals surface area contributed by atoms with Crippen LogP contribution >= 0.6 is 0 Å². The molecule has 0 saturated heterocycles. The lowest BCUT2D eigenvalue weighted by Gasteiger charge is -2.30. The van der Waals surface area contributed by atoms with Crippen LogP contribution in [-0.2, 0) is 16.4 Å². The van der Waals surface area contributed by atoms with Gasteiger partial charge in [0.05, 0.1) is 10.6 Å². The second-order valence-corrected chi connectivity index (χ2v) is 9.09. The molecule has 8 nitrogen and oxygen atoms in total. The van der Waals surface area contributed by atoms with Crippen LogP contribution in [0.15, 0.2) is 54.1 Å². The zero-order chi connectivity index (χ0) is 20.3. The molecule has 1 saturated carbocycles. The highest BCUT2D eigenvalue weighted by atomic mass is 32.2. The molecular formula is C20H24N6O2S. The Balaban J connectivity index is 1.58. The SMILES string of the molecule is CCc1cc(-c2cccnn2)cc(S(=O)(=O)NC2CCCC(n3cnnc3)C2)c1. The van der Waals surface area contributed by atoms with Gasteiger partial charge in [-0.3, -0.25) is 0 Å². The van der Waals surface area contributed by atoms with Crippen LogP contribution in [0.2, 0.25) is 0 Å². The van der Waals surface area contributed by atoms with Gasteiger partial charge in [0.1, 0.15) is 12.7 Å². The molecule has 0 aliphatic heterocycles. The van der Waals surface area contributed by atoms with Crippen molar-refractivity contribution in [2.24, 2.45) is 0 Å². The first-order valence-corrected chi connectivity index (χ1v) is 11.3. The molecule has 1 aromatic carbocycles. The first-order chi connectivity index (χ1) is 14.0. The fourth-order valence-corrected chi connectivity index (χ4v) is 5.23. The van der Waals surface area contributed by atoms with Gasteiger partial charge >= 0.3 is 0 Å². The predicted octanol–water partition coefficient (Wildman–Crippen LogP) is 2.76. The zero-order valence-electron chi connectivity index (χ0n) is 16.3. The molecule has 0 spiro atoms. The summed E-state index contributed by atoms with van der Waals surface area (Å²) in [6, 6.07) is 9.09. The summed E-state index contributed by atoms with van der Waals surface area (Å²) in [6.07, 6.45) is 9.22. The molecule has 152 valence electrons. The van der Waals surface area contributed by atoms with E-state index < -0.39 is 10.0 Å². The molecule has 0 bridgehead atoms. The zero-order valence-corrected chi connectivity index (χ0v) is 17.1. The van der Waals surface area contributed by atoms with Gasteiger partial charge in [0.2, 0.25) is 10.0 Å². The molecule has 2 atom stereocenters. The molecule has 1 aliphatic carbocycles. The van der Waals surface area contributed by atoms with Crippen molar-refractivity contribution >= 4 is 10.0 Å². The first-order valence-electron chi connectivity index (χ1n) is 9.83. The predicted molar refractivity (Wildman–Crippen MR) is 108 cm³/mol. The number of sulfonamides is 1. The summed E-state index contributed by atoms with van der Waals surface area (Å²) >= 11 is 0. The third-order valence-corrected chi connectivity index (χ3v) is 6.88. The number of nitrogens with zero attached hydrogens (tertiary/aromatic N) is 5. The molecule has 1 N–H and O–H groups in total. The minimum Gasteiger partial charge on any atom is -0.317 e. The van der Waals surface area contributed by atoms with Gasteiger partial charge in [0.25, 0.3) is 0 Å². The smallest absolute Gasteiger partial charge is 0.240 e. The fourth-order valence-electron chi connectivity index (χ4n) is 3.85. The summed E-state index contributed by atoms with van der Waals surface area (Å²) in [5, 5.41) is 15.8. The number of nitrogens with one attached hydrogen (secondary N) is 1. The van der Waals surface area contributed by atoms with Crippen LogP contribution in [0.5, 0.6) is 0 Å². The highest BCUT2D eigenvalue weighted by Crippen LogP contribution is 2.30. The molecule has 29 heavy (non-hydrogen) atoms. The lowest BCUT2D eigenvalue weighted by Crippen LogP contribution is -2.38. The van der Waals surface area contributed by atoms with E-state index in [1.165, 1.54) is 0 Å². The van der Waals surface area contributed by atoms with E-state index in [0.29, 0.717) is 5.69 Å². The topological polar surface area (TPSA) is 103 Å². The van der Waals surface area contributed by atoms with Gasteiger partial charge in [-0.05, 0) is 68.0 Å². The summed E-state index contributed by atoms with van der Waals surface area (Å²) in [5.41, 5.74) is 2.35. The van der Waals surface area contributed by atoms with E-state index in [2.05, 4.69) is 25.1 Å². The van der Waals surface area contributed by atoms with Crippen LogP contribution in [0, 0.1) is 0 Å². The van der Waals surface area contributed by atoms with E-state index in [1.807, 2.05) is 23.6 Å². The molecule has 3 aromatic rings. The van der Waals surface area contributed by atoms with Crippen molar-refractivity contribution in [3.8, 4) is 11.3 Å². The Morgan fingerprint density at radius 2 is 1.97 bits per heavy atom. The van der Waals surface area contributed by atoms with Gasteiger partial charge in [-0.15, -0.1) is 10.2 Å². The maximum Gasteiger partial charge on any atom is 0.240 e. The number of aromatic nitrogens is 5. The molecule has 2 heterocycles. The van der Waals surface area contributed by atoms with Crippen LogP contribution in [0.25, 0.3) is 11.3 Å². The first kappa shape index (κ1) is 19.7. The van der Waals surface area contributed by atoms with Crippen molar-refractivity contribution in [1.29, 1.82) is 0 Å². The highest BCUT2D eigenvalue weighted by molar-refractivity contribution is 7.89. The monoisotopic (exact) mass is 412 g/mol.